The van der Waals surface area contributed by atoms with E-state index in [1.54, 1.807) is 6.33 Å². The van der Waals surface area contributed by atoms with Crippen LogP contribution in [0.3, 0.4) is 0 Å². The van der Waals surface area contributed by atoms with E-state index in [-0.39, 0.29) is 0 Å². The number of aromatic nitrogens is 2. The molecule has 0 spiro atoms. The minimum Gasteiger partial charge on any atom is -0.326 e. The highest BCUT2D eigenvalue weighted by Crippen LogP contribution is 2.19. The average molecular weight is 255 g/mol. The maximum atomic E-state index is 10.7. The molecule has 0 N–H and O–H groups in total. The average Bonchev–Trinajstić information content (AvgIpc) is 2.83. The molecule has 98 valence electrons. The first-order valence-electron chi connectivity index (χ1n) is 6.59. The zero-order valence-electron chi connectivity index (χ0n) is 10.8. The minimum atomic E-state index is 0.404. The number of nitrogens with zero attached hydrogens (tertiary/aromatic N) is 3. The molecule has 0 aliphatic carbocycles. The van der Waals surface area contributed by atoms with Crippen LogP contribution in [0.25, 0.3) is 0 Å². The van der Waals surface area contributed by atoms with Crippen molar-refractivity contribution in [1.82, 2.24) is 14.5 Å². The molecule has 1 aromatic carbocycles. The van der Waals surface area contributed by atoms with E-state index in [1.807, 2.05) is 10.6 Å². The Bertz CT molecular complexity index is 562. The second-order valence-electron chi connectivity index (χ2n) is 4.90. The summed E-state index contributed by atoms with van der Waals surface area (Å²) in [5, 5.41) is 0. The van der Waals surface area contributed by atoms with E-state index in [1.165, 1.54) is 11.3 Å². The topological polar surface area (TPSA) is 38.1 Å². The van der Waals surface area contributed by atoms with Crippen LogP contribution in [0.15, 0.2) is 36.7 Å². The zero-order chi connectivity index (χ0) is 13.1. The second-order valence-corrected chi connectivity index (χ2v) is 4.90. The van der Waals surface area contributed by atoms with Crippen molar-refractivity contribution in [2.75, 3.05) is 6.54 Å². The van der Waals surface area contributed by atoms with Gasteiger partial charge >= 0.3 is 0 Å². The summed E-state index contributed by atoms with van der Waals surface area (Å²) in [6.45, 7) is 3.26. The van der Waals surface area contributed by atoms with Crippen molar-refractivity contribution in [2.24, 2.45) is 0 Å². The quantitative estimate of drug-likeness (QED) is 0.780. The number of hydrogen-bond acceptors (Lipinski definition) is 3. The third-order valence-electron chi connectivity index (χ3n) is 3.59. The highest BCUT2D eigenvalue weighted by molar-refractivity contribution is 5.49. The Morgan fingerprint density at radius 1 is 1.26 bits per heavy atom. The van der Waals surface area contributed by atoms with Gasteiger partial charge in [0.2, 0.25) is 0 Å². The number of carbonyl (C=O) groups is 1. The molecule has 19 heavy (non-hydrogen) atoms. The number of imidazole rings is 1. The molecule has 4 heteroatoms. The molecule has 2 heterocycles. The summed E-state index contributed by atoms with van der Waals surface area (Å²) in [5.41, 5.74) is 3.66. The van der Waals surface area contributed by atoms with Crippen molar-refractivity contribution in [1.29, 1.82) is 0 Å². The third-order valence-corrected chi connectivity index (χ3v) is 3.59. The SMILES string of the molecule is O=CCn1cnc2c1CN(Cc1ccccc1)CC2. The van der Waals surface area contributed by atoms with Gasteiger partial charge in [0.25, 0.3) is 0 Å². The fourth-order valence-corrected chi connectivity index (χ4v) is 2.61. The van der Waals surface area contributed by atoms with Crippen LogP contribution >= 0.6 is 0 Å². The molecular formula is C15H17N3O. The molecule has 0 atom stereocenters. The number of fused-ring (bicyclic) bond motifs is 1. The Balaban J connectivity index is 1.74. The Morgan fingerprint density at radius 2 is 2.11 bits per heavy atom. The molecule has 0 amide bonds. The van der Waals surface area contributed by atoms with Crippen LogP contribution in [-0.2, 0) is 30.8 Å². The maximum Gasteiger partial charge on any atom is 0.139 e. The first-order valence-corrected chi connectivity index (χ1v) is 6.59. The lowest BCUT2D eigenvalue weighted by molar-refractivity contribution is -0.108. The van der Waals surface area contributed by atoms with E-state index in [4.69, 9.17) is 0 Å². The lowest BCUT2D eigenvalue weighted by Gasteiger charge is -2.27. The van der Waals surface area contributed by atoms with Crippen LogP contribution in [0.1, 0.15) is 17.0 Å². The van der Waals surface area contributed by atoms with Gasteiger partial charge in [0, 0.05) is 26.1 Å². The van der Waals surface area contributed by atoms with E-state index in [9.17, 15) is 4.79 Å². The van der Waals surface area contributed by atoms with Gasteiger partial charge in [-0.05, 0) is 5.56 Å². The van der Waals surface area contributed by atoms with Crippen LogP contribution in [0, 0.1) is 0 Å². The van der Waals surface area contributed by atoms with Gasteiger partial charge in [0.15, 0.2) is 0 Å². The molecule has 0 unspecified atom stereocenters. The lowest BCUT2D eigenvalue weighted by Crippen LogP contribution is -2.31. The predicted molar refractivity (Wildman–Crippen MR) is 72.6 cm³/mol. The highest BCUT2D eigenvalue weighted by Gasteiger charge is 2.20. The fraction of sp³-hybridized carbons (Fsp3) is 0.333. The Kier molecular flexibility index (Phi) is 3.42. The third kappa shape index (κ3) is 2.58. The number of hydrogen-bond donors (Lipinski definition) is 0. The molecule has 4 nitrogen and oxygen atoms in total. The van der Waals surface area contributed by atoms with Gasteiger partial charge in [-0.1, -0.05) is 30.3 Å². The molecule has 1 aliphatic rings. The van der Waals surface area contributed by atoms with Gasteiger partial charge in [-0.3, -0.25) is 4.90 Å². The molecular weight excluding hydrogens is 238 g/mol. The first kappa shape index (κ1) is 12.1. The van der Waals surface area contributed by atoms with Crippen molar-refractivity contribution in [2.45, 2.75) is 26.1 Å². The number of rotatable bonds is 4. The van der Waals surface area contributed by atoms with Crippen molar-refractivity contribution in [3.05, 3.63) is 53.6 Å². The summed E-state index contributed by atoms with van der Waals surface area (Å²) in [4.78, 5) is 17.5. The van der Waals surface area contributed by atoms with Gasteiger partial charge in [0.1, 0.15) is 6.29 Å². The van der Waals surface area contributed by atoms with E-state index in [2.05, 4.69) is 34.1 Å². The molecule has 0 saturated carbocycles. The van der Waals surface area contributed by atoms with Gasteiger partial charge in [-0.25, -0.2) is 4.98 Å². The van der Waals surface area contributed by atoms with E-state index in [0.717, 1.165) is 38.0 Å². The first-order chi connectivity index (χ1) is 9.36. The monoisotopic (exact) mass is 255 g/mol. The highest BCUT2D eigenvalue weighted by atomic mass is 16.1. The number of aldehydes is 1. The minimum absolute atomic E-state index is 0.404. The summed E-state index contributed by atoms with van der Waals surface area (Å²) in [6.07, 6.45) is 3.68. The standard InChI is InChI=1S/C15H17N3O/c19-9-8-18-12-16-14-6-7-17(11-15(14)18)10-13-4-2-1-3-5-13/h1-5,9,12H,6-8,10-11H2. The second kappa shape index (κ2) is 5.36. The van der Waals surface area contributed by atoms with Crippen molar-refractivity contribution in [3.63, 3.8) is 0 Å². The Labute approximate surface area is 112 Å². The number of benzene rings is 1. The van der Waals surface area contributed by atoms with E-state index in [0.29, 0.717) is 6.54 Å². The van der Waals surface area contributed by atoms with Crippen molar-refractivity contribution in [3.8, 4) is 0 Å². The Morgan fingerprint density at radius 3 is 2.89 bits per heavy atom. The van der Waals surface area contributed by atoms with Gasteiger partial charge in [-0.2, -0.15) is 0 Å². The summed E-state index contributed by atoms with van der Waals surface area (Å²) >= 11 is 0. The van der Waals surface area contributed by atoms with Gasteiger partial charge in [-0.15, -0.1) is 0 Å². The molecule has 1 aromatic heterocycles. The smallest absolute Gasteiger partial charge is 0.139 e. The largest absolute Gasteiger partial charge is 0.326 e. The number of carbonyl (C=O) groups excluding carboxylic acids is 1. The van der Waals surface area contributed by atoms with Crippen LogP contribution < -0.4 is 0 Å². The molecule has 0 saturated heterocycles. The van der Waals surface area contributed by atoms with Crippen LogP contribution in [-0.4, -0.2) is 27.3 Å². The van der Waals surface area contributed by atoms with Gasteiger partial charge in [0.05, 0.1) is 24.3 Å². The van der Waals surface area contributed by atoms with E-state index >= 15 is 0 Å². The molecule has 0 radical (unpaired) electrons. The molecule has 3 rings (SSSR count). The molecule has 2 aromatic rings. The molecule has 1 aliphatic heterocycles. The fourth-order valence-electron chi connectivity index (χ4n) is 2.61. The van der Waals surface area contributed by atoms with E-state index < -0.39 is 0 Å². The van der Waals surface area contributed by atoms with Crippen molar-refractivity contribution >= 4 is 6.29 Å². The molecule has 0 fully saturated rings. The predicted octanol–water partition coefficient (Wildman–Crippen LogP) is 1.64. The summed E-state index contributed by atoms with van der Waals surface area (Å²) in [6, 6.07) is 10.5. The normalized spacial score (nSPS) is 15.2. The zero-order valence-corrected chi connectivity index (χ0v) is 10.8. The summed E-state index contributed by atoms with van der Waals surface area (Å²) < 4.78 is 1.96. The lowest BCUT2D eigenvalue weighted by atomic mass is 10.1. The molecule has 0 bridgehead atoms. The van der Waals surface area contributed by atoms with Crippen LogP contribution in [0.2, 0.25) is 0 Å². The Hall–Kier alpha value is -1.94. The van der Waals surface area contributed by atoms with Gasteiger partial charge < -0.3 is 9.36 Å². The van der Waals surface area contributed by atoms with Crippen LogP contribution in [0.4, 0.5) is 0 Å². The summed E-state index contributed by atoms with van der Waals surface area (Å²) in [5.74, 6) is 0. The maximum absolute atomic E-state index is 10.7. The van der Waals surface area contributed by atoms with Crippen molar-refractivity contribution < 1.29 is 4.79 Å². The van der Waals surface area contributed by atoms with Crippen LogP contribution in [0.5, 0.6) is 0 Å². The summed E-state index contributed by atoms with van der Waals surface area (Å²) in [7, 11) is 0.